The van der Waals surface area contributed by atoms with Crippen molar-refractivity contribution in [2.24, 2.45) is 26.9 Å². The van der Waals surface area contributed by atoms with E-state index in [0.717, 1.165) is 0 Å². The number of azide groups is 1. The second kappa shape index (κ2) is 9.98. The minimum Gasteiger partial charge on any atom is -0.388 e. The third kappa shape index (κ3) is 5.37. The van der Waals surface area contributed by atoms with E-state index in [1.807, 2.05) is 0 Å². The van der Waals surface area contributed by atoms with E-state index < -0.39 is 80.4 Å². The normalized spacial score (nSPS) is 29.3. The van der Waals surface area contributed by atoms with E-state index in [1.165, 1.54) is 83.1 Å². The molecule has 12 nitrogen and oxygen atoms in total. The van der Waals surface area contributed by atoms with Gasteiger partial charge in [0.05, 0.1) is 0 Å². The van der Waals surface area contributed by atoms with Crippen molar-refractivity contribution in [3.8, 4) is 0 Å². The summed E-state index contributed by atoms with van der Waals surface area (Å²) in [7, 11) is 0. The van der Waals surface area contributed by atoms with Crippen LogP contribution >= 0.6 is 0 Å². The average Bonchev–Trinajstić information content (AvgIpc) is 2.93. The zero-order chi connectivity index (χ0) is 30.5. The maximum Gasteiger partial charge on any atom is 0.319 e. The Morgan fingerprint density at radius 2 is 1.26 bits per heavy atom. The Labute approximate surface area is 223 Å². The second-order valence-electron chi connectivity index (χ2n) is 14.1. The highest BCUT2D eigenvalue weighted by Crippen LogP contribution is 2.56. The molecule has 0 bridgehead atoms. The number of carbonyl (C=O) groups excluding carboxylic acids is 4. The highest BCUT2D eigenvalue weighted by atomic mass is 16.8. The third-order valence-corrected chi connectivity index (χ3v) is 6.50. The molecule has 38 heavy (non-hydrogen) atoms. The summed E-state index contributed by atoms with van der Waals surface area (Å²) in [5, 5.41) is 38.4. The molecular weight excluding hydrogens is 498 g/mol. The van der Waals surface area contributed by atoms with Gasteiger partial charge < -0.3 is 24.9 Å². The fraction of sp³-hybridized carbons (Fsp3) is 0.846. The Kier molecular flexibility index (Phi) is 8.84. The van der Waals surface area contributed by atoms with Gasteiger partial charge >= 0.3 is 5.79 Å². The topological polar surface area (TPSA) is 196 Å². The van der Waals surface area contributed by atoms with Crippen LogP contribution in [0.5, 0.6) is 0 Å². The van der Waals surface area contributed by atoms with Crippen molar-refractivity contribution in [1.29, 1.82) is 0 Å². The number of carbonyl (C=O) groups is 4. The number of hydrogen-bond acceptors (Lipinski definition) is 10. The lowest BCUT2D eigenvalue weighted by Gasteiger charge is -2.47. The van der Waals surface area contributed by atoms with Crippen LogP contribution in [0.15, 0.2) is 5.28 Å². The van der Waals surface area contributed by atoms with Crippen molar-refractivity contribution < 1.29 is 44.1 Å². The molecule has 0 saturated carbocycles. The minimum absolute atomic E-state index is 0.687. The molecule has 1 rings (SSSR count). The number of ketones is 4. The van der Waals surface area contributed by atoms with Crippen LogP contribution in [0.1, 0.15) is 89.5 Å². The molecule has 0 spiro atoms. The smallest absolute Gasteiger partial charge is 0.319 e. The molecule has 1 heterocycles. The van der Waals surface area contributed by atoms with Gasteiger partial charge in [-0.25, -0.2) is 0 Å². The number of aliphatic hydroxyl groups excluding tert-OH is 1. The van der Waals surface area contributed by atoms with Gasteiger partial charge in [0.1, 0.15) is 17.5 Å². The van der Waals surface area contributed by atoms with E-state index in [4.69, 9.17) is 15.1 Å². The summed E-state index contributed by atoms with van der Waals surface area (Å²) in [4.78, 5) is 62.4. The zero-order valence-electron chi connectivity index (χ0n) is 24.5. The maximum absolute atomic E-state index is 14.0. The zero-order valence-corrected chi connectivity index (χ0v) is 24.5. The van der Waals surface area contributed by atoms with E-state index in [-0.39, 0.29) is 0 Å². The predicted octanol–water partition coefficient (Wildman–Crippen LogP) is 3.00. The molecule has 0 radical (unpaired) electrons. The number of rotatable bonds is 8. The van der Waals surface area contributed by atoms with E-state index in [0.29, 0.717) is 0 Å². The lowest BCUT2D eigenvalue weighted by molar-refractivity contribution is -0.279. The first-order valence-electron chi connectivity index (χ1n) is 12.4. The van der Waals surface area contributed by atoms with Crippen LogP contribution in [0.4, 0.5) is 0 Å². The molecule has 1 fully saturated rings. The monoisotopic (exact) mass is 541 g/mol. The molecule has 12 heteroatoms. The Morgan fingerprint density at radius 3 is 1.61 bits per heavy atom. The largest absolute Gasteiger partial charge is 0.388 e. The maximum atomic E-state index is 14.0. The number of aliphatic hydroxyl groups is 3. The summed E-state index contributed by atoms with van der Waals surface area (Å²) < 4.78 is 5.85. The molecular formula is C26H43N3O9. The number of Topliss-reactive ketones (excluding diaryl/α,β-unsaturated/α-hetero) is 4. The molecule has 3 N–H and O–H groups in total. The Bertz CT molecular complexity index is 1040. The van der Waals surface area contributed by atoms with Crippen molar-refractivity contribution in [3.05, 3.63) is 10.4 Å². The van der Waals surface area contributed by atoms with E-state index in [1.54, 1.807) is 0 Å². The Hall–Kier alpha value is -2.37. The van der Waals surface area contributed by atoms with Gasteiger partial charge in [-0.05, 0) is 5.53 Å². The van der Waals surface area contributed by atoms with Crippen LogP contribution < -0.4 is 0 Å². The average molecular weight is 542 g/mol. The number of ether oxygens (including phenoxy) is 1. The van der Waals surface area contributed by atoms with Gasteiger partial charge in [0.15, 0.2) is 23.0 Å². The second-order valence-corrected chi connectivity index (χ2v) is 14.1. The van der Waals surface area contributed by atoms with Crippen molar-refractivity contribution in [1.82, 2.24) is 0 Å². The highest BCUT2D eigenvalue weighted by molar-refractivity contribution is 6.10. The SMILES string of the molecule is CC(C)(C)C(=O)C(O)C[C@@H]1O[C@](ON=[N+]=[N-])(C(=O)C(C)(C)C)[C@@](O)(C(=O)C(C)(C)C)[C@]1(O)C(=O)C(C)(C)C. The molecule has 0 aromatic heterocycles. The molecule has 1 saturated heterocycles. The van der Waals surface area contributed by atoms with Gasteiger partial charge in [0.25, 0.3) is 0 Å². The molecule has 5 atom stereocenters. The summed E-state index contributed by atoms with van der Waals surface area (Å²) in [5.74, 6) is -7.38. The molecule has 0 aromatic rings. The molecule has 0 aliphatic carbocycles. The molecule has 1 aliphatic rings. The molecule has 0 amide bonds. The van der Waals surface area contributed by atoms with Crippen LogP contribution in [0.25, 0.3) is 10.4 Å². The fourth-order valence-electron chi connectivity index (χ4n) is 4.55. The number of nitrogens with zero attached hydrogens (tertiary/aromatic N) is 3. The third-order valence-electron chi connectivity index (χ3n) is 6.50. The molecule has 0 aromatic carbocycles. The molecule has 216 valence electrons. The lowest BCUT2D eigenvalue weighted by atomic mass is 9.60. The minimum atomic E-state index is -3.48. The molecule has 1 unspecified atom stereocenters. The van der Waals surface area contributed by atoms with Crippen molar-refractivity contribution in [3.63, 3.8) is 0 Å². The lowest BCUT2D eigenvalue weighted by Crippen LogP contribution is -2.77. The van der Waals surface area contributed by atoms with Crippen LogP contribution in [0.2, 0.25) is 0 Å². The van der Waals surface area contributed by atoms with E-state index >= 15 is 0 Å². The Morgan fingerprint density at radius 1 is 0.842 bits per heavy atom. The van der Waals surface area contributed by atoms with Crippen LogP contribution in [0, 0.1) is 21.7 Å². The summed E-state index contributed by atoms with van der Waals surface area (Å²) >= 11 is 0. The quantitative estimate of drug-likeness (QED) is 0.179. The van der Waals surface area contributed by atoms with Gasteiger partial charge in [-0.15, -0.1) is 0 Å². The first-order valence-corrected chi connectivity index (χ1v) is 12.4. The number of hydrogen-bond donors (Lipinski definition) is 3. The van der Waals surface area contributed by atoms with Crippen LogP contribution in [-0.2, 0) is 28.8 Å². The van der Waals surface area contributed by atoms with Gasteiger partial charge in [-0.3, -0.25) is 19.2 Å². The van der Waals surface area contributed by atoms with E-state index in [9.17, 15) is 34.5 Å². The standard InChI is InChI=1S/C26H43N3O9/c1-20(2,3)16(31)14(30)13-15-24(35,17(32)21(4,5)6)25(36,18(33)22(7,8)9)26(37-15,38-29-28-27)19(34)23(10,11)12/h14-15,30,35-36H,13H2,1-12H3/t14?,15-,24+,25+,26-/m0/s1. The summed E-state index contributed by atoms with van der Waals surface area (Å²) in [6.45, 7) is 17.2. The van der Waals surface area contributed by atoms with Crippen molar-refractivity contribution in [2.45, 2.75) is 119 Å². The highest BCUT2D eigenvalue weighted by Gasteiger charge is 2.85. The summed E-state index contributed by atoms with van der Waals surface area (Å²) in [5.41, 5.74) is -3.15. The van der Waals surface area contributed by atoms with E-state index in [2.05, 4.69) is 10.2 Å². The van der Waals surface area contributed by atoms with Gasteiger partial charge in [-0.1, -0.05) is 83.1 Å². The first-order chi connectivity index (χ1) is 16.7. The van der Waals surface area contributed by atoms with Gasteiger partial charge in [0.2, 0.25) is 11.4 Å². The first kappa shape index (κ1) is 33.7. The van der Waals surface area contributed by atoms with Crippen molar-refractivity contribution in [2.75, 3.05) is 0 Å². The van der Waals surface area contributed by atoms with Crippen LogP contribution in [0.3, 0.4) is 0 Å². The van der Waals surface area contributed by atoms with Gasteiger partial charge in [-0.2, -0.15) is 0 Å². The van der Waals surface area contributed by atoms with Crippen molar-refractivity contribution >= 4 is 23.1 Å². The van der Waals surface area contributed by atoms with Gasteiger partial charge in [0, 0.05) is 33.0 Å². The molecule has 1 aliphatic heterocycles. The summed E-state index contributed by atoms with van der Waals surface area (Å²) in [6, 6.07) is 0. The summed E-state index contributed by atoms with van der Waals surface area (Å²) in [6.07, 6.45) is -4.66. The fourth-order valence-corrected chi connectivity index (χ4v) is 4.55. The Balaban J connectivity index is 4.29. The predicted molar refractivity (Wildman–Crippen MR) is 136 cm³/mol. The van der Waals surface area contributed by atoms with Crippen LogP contribution in [-0.4, -0.2) is 67.6 Å².